The maximum absolute atomic E-state index is 7.19. The van der Waals surface area contributed by atoms with E-state index in [4.69, 9.17) is 10.8 Å². The zero-order chi connectivity index (χ0) is 5.98. The third-order valence-electron chi connectivity index (χ3n) is 1.33. The van der Waals surface area contributed by atoms with Crippen LogP contribution in [0, 0.1) is 16.7 Å². The van der Waals surface area contributed by atoms with Crippen LogP contribution in [0.2, 0.25) is 0 Å². The molecule has 1 fully saturated rings. The van der Waals surface area contributed by atoms with E-state index in [1.54, 1.807) is 0 Å². The first-order valence-electron chi connectivity index (χ1n) is 2.63. The normalized spacial score (nSPS) is 28.5. The van der Waals surface area contributed by atoms with Crippen LogP contribution in [-0.4, -0.2) is 25.0 Å². The molecule has 44 valence electrons. The lowest BCUT2D eigenvalue weighted by Crippen LogP contribution is -2.10. The van der Waals surface area contributed by atoms with Crippen molar-refractivity contribution in [2.45, 2.75) is 0 Å². The predicted molar refractivity (Wildman–Crippen MR) is 32.9 cm³/mol. The van der Waals surface area contributed by atoms with Crippen LogP contribution in [0.3, 0.4) is 0 Å². The molecular formula is C5H9N3. The summed E-state index contributed by atoms with van der Waals surface area (Å²) in [6, 6.07) is 0. The summed E-state index contributed by atoms with van der Waals surface area (Å²) >= 11 is 0. The van der Waals surface area contributed by atoms with Crippen molar-refractivity contribution < 1.29 is 0 Å². The number of hydrogen-bond donors (Lipinski definition) is 3. The molecule has 0 aromatic carbocycles. The lowest BCUT2D eigenvalue weighted by Gasteiger charge is -1.95. The third-order valence-corrected chi connectivity index (χ3v) is 1.33. The molecule has 0 radical (unpaired) electrons. The Balaban J connectivity index is 2.54. The highest BCUT2D eigenvalue weighted by atomic mass is 14.9. The Hall–Kier alpha value is -0.700. The van der Waals surface area contributed by atoms with Crippen molar-refractivity contribution in [2.24, 2.45) is 5.92 Å². The highest BCUT2D eigenvalue weighted by molar-refractivity contribution is 5.99. The van der Waals surface area contributed by atoms with Crippen LogP contribution in [0.1, 0.15) is 0 Å². The molecule has 1 aliphatic heterocycles. The monoisotopic (exact) mass is 111 g/mol. The summed E-state index contributed by atoms with van der Waals surface area (Å²) in [6.45, 7) is 1.45. The van der Waals surface area contributed by atoms with Crippen molar-refractivity contribution in [1.29, 1.82) is 10.8 Å². The van der Waals surface area contributed by atoms with Gasteiger partial charge in [0, 0.05) is 30.9 Å². The van der Waals surface area contributed by atoms with E-state index in [1.165, 1.54) is 6.21 Å². The molecule has 0 saturated carbocycles. The van der Waals surface area contributed by atoms with E-state index in [0.29, 0.717) is 12.3 Å². The minimum Gasteiger partial charge on any atom is -0.312 e. The molecule has 1 rings (SSSR count). The van der Waals surface area contributed by atoms with Crippen molar-refractivity contribution in [1.82, 2.24) is 5.32 Å². The summed E-state index contributed by atoms with van der Waals surface area (Å²) in [7, 11) is 0. The summed E-state index contributed by atoms with van der Waals surface area (Å²) in [6.07, 6.45) is 1.32. The van der Waals surface area contributed by atoms with Crippen LogP contribution in [0.4, 0.5) is 0 Å². The van der Waals surface area contributed by atoms with Gasteiger partial charge in [0.05, 0.1) is 0 Å². The molecule has 0 amide bonds. The third kappa shape index (κ3) is 0.767. The first kappa shape index (κ1) is 5.44. The maximum atomic E-state index is 7.19. The predicted octanol–water partition coefficient (Wildman–Crippen LogP) is -0.125. The Morgan fingerprint density at radius 1 is 1.75 bits per heavy atom. The minimum atomic E-state index is 0.0787. The minimum absolute atomic E-state index is 0.0787. The van der Waals surface area contributed by atoms with E-state index in [1.807, 2.05) is 0 Å². The van der Waals surface area contributed by atoms with Crippen molar-refractivity contribution in [3.8, 4) is 0 Å². The highest BCUT2D eigenvalue weighted by Gasteiger charge is 2.16. The molecule has 1 heterocycles. The fraction of sp³-hybridized carbons (Fsp3) is 0.600. The summed E-state index contributed by atoms with van der Waals surface area (Å²) < 4.78 is 0. The second-order valence-electron chi connectivity index (χ2n) is 1.93. The number of rotatable bonds is 1. The van der Waals surface area contributed by atoms with Crippen LogP contribution in [0.5, 0.6) is 0 Å². The van der Waals surface area contributed by atoms with Crippen molar-refractivity contribution in [3.63, 3.8) is 0 Å². The summed E-state index contributed by atoms with van der Waals surface area (Å²) in [5.74, 6) is 0.0787. The first-order valence-corrected chi connectivity index (χ1v) is 2.63. The van der Waals surface area contributed by atoms with E-state index in [2.05, 4.69) is 5.32 Å². The first-order chi connectivity index (χ1) is 3.84. The van der Waals surface area contributed by atoms with Gasteiger partial charge in [0.25, 0.3) is 0 Å². The largest absolute Gasteiger partial charge is 0.312 e. The van der Waals surface area contributed by atoms with Gasteiger partial charge in [-0.3, -0.25) is 0 Å². The second kappa shape index (κ2) is 2.05. The highest BCUT2D eigenvalue weighted by Crippen LogP contribution is 1.98. The molecule has 0 aromatic rings. The van der Waals surface area contributed by atoms with Gasteiger partial charge in [-0.15, -0.1) is 0 Å². The van der Waals surface area contributed by atoms with Gasteiger partial charge in [-0.25, -0.2) is 0 Å². The maximum Gasteiger partial charge on any atom is 0.0451 e. The number of nitrogens with one attached hydrogen (secondary N) is 3. The van der Waals surface area contributed by atoms with Crippen LogP contribution in [0.25, 0.3) is 0 Å². The zero-order valence-electron chi connectivity index (χ0n) is 4.57. The van der Waals surface area contributed by atoms with Crippen LogP contribution in [-0.2, 0) is 0 Å². The van der Waals surface area contributed by atoms with Gasteiger partial charge in [0.15, 0.2) is 0 Å². The van der Waals surface area contributed by atoms with Gasteiger partial charge in [-0.2, -0.15) is 0 Å². The van der Waals surface area contributed by atoms with Crippen molar-refractivity contribution in [3.05, 3.63) is 0 Å². The molecule has 1 aliphatic rings. The Bertz CT molecular complexity index is 119. The molecule has 8 heavy (non-hydrogen) atoms. The van der Waals surface area contributed by atoms with Crippen molar-refractivity contribution in [2.75, 3.05) is 13.1 Å². The average molecular weight is 111 g/mol. The molecule has 3 heteroatoms. The van der Waals surface area contributed by atoms with Crippen LogP contribution < -0.4 is 5.32 Å². The lowest BCUT2D eigenvalue weighted by molar-refractivity contribution is 0.815. The van der Waals surface area contributed by atoms with E-state index in [-0.39, 0.29) is 5.92 Å². The Morgan fingerprint density at radius 2 is 2.50 bits per heavy atom. The molecule has 3 N–H and O–H groups in total. The summed E-state index contributed by atoms with van der Waals surface area (Å²) in [4.78, 5) is 0. The molecule has 1 saturated heterocycles. The Kier molecular flexibility index (Phi) is 1.39. The standard InChI is InChI=1S/C5H9N3/c6-1-4-2-8-3-5(4)7/h1,4,6-8H,2-3H2. The van der Waals surface area contributed by atoms with Crippen LogP contribution in [0.15, 0.2) is 0 Å². The van der Waals surface area contributed by atoms with Crippen molar-refractivity contribution >= 4 is 11.9 Å². The zero-order valence-corrected chi connectivity index (χ0v) is 4.57. The molecular weight excluding hydrogens is 102 g/mol. The fourth-order valence-electron chi connectivity index (χ4n) is 0.776. The van der Waals surface area contributed by atoms with Gasteiger partial charge in [-0.05, 0) is 0 Å². The fourth-order valence-corrected chi connectivity index (χ4v) is 0.776. The smallest absolute Gasteiger partial charge is 0.0451 e. The molecule has 0 aliphatic carbocycles. The van der Waals surface area contributed by atoms with Gasteiger partial charge >= 0.3 is 0 Å². The van der Waals surface area contributed by atoms with Crippen LogP contribution >= 0.6 is 0 Å². The van der Waals surface area contributed by atoms with E-state index >= 15 is 0 Å². The van der Waals surface area contributed by atoms with E-state index < -0.39 is 0 Å². The van der Waals surface area contributed by atoms with Gasteiger partial charge in [0.1, 0.15) is 0 Å². The SMILES string of the molecule is N=CC1CNCC1=N. The van der Waals surface area contributed by atoms with E-state index in [9.17, 15) is 0 Å². The number of hydrogen-bond acceptors (Lipinski definition) is 3. The Morgan fingerprint density at radius 3 is 2.75 bits per heavy atom. The molecule has 0 spiro atoms. The molecule has 0 aromatic heterocycles. The van der Waals surface area contributed by atoms with E-state index in [0.717, 1.165) is 6.54 Å². The molecule has 1 unspecified atom stereocenters. The lowest BCUT2D eigenvalue weighted by atomic mass is 10.1. The molecule has 3 nitrogen and oxygen atoms in total. The Labute approximate surface area is 48.1 Å². The van der Waals surface area contributed by atoms with Gasteiger partial charge < -0.3 is 16.1 Å². The summed E-state index contributed by atoms with van der Waals surface area (Å²) in [5, 5.41) is 17.0. The second-order valence-corrected chi connectivity index (χ2v) is 1.93. The van der Waals surface area contributed by atoms with Gasteiger partial charge in [0.2, 0.25) is 0 Å². The van der Waals surface area contributed by atoms with Gasteiger partial charge in [-0.1, -0.05) is 0 Å². The molecule has 0 bridgehead atoms. The quantitative estimate of drug-likeness (QED) is 0.406. The molecule has 1 atom stereocenters. The summed E-state index contributed by atoms with van der Waals surface area (Å²) in [5.41, 5.74) is 0.639. The average Bonchev–Trinajstić information content (AvgIpc) is 2.14. The topological polar surface area (TPSA) is 59.7 Å².